The summed E-state index contributed by atoms with van der Waals surface area (Å²) in [7, 11) is 1.53. The van der Waals surface area contributed by atoms with Gasteiger partial charge >= 0.3 is 5.97 Å². The number of aromatic amines is 1. The highest BCUT2D eigenvalue weighted by Gasteiger charge is 2.36. The van der Waals surface area contributed by atoms with Crippen molar-refractivity contribution in [3.8, 4) is 5.75 Å². The van der Waals surface area contributed by atoms with Crippen LogP contribution in [0.4, 0.5) is 0 Å². The molecule has 1 heterocycles. The lowest BCUT2D eigenvalue weighted by molar-refractivity contribution is -0.138. The van der Waals surface area contributed by atoms with Crippen LogP contribution >= 0.6 is 0 Å². The van der Waals surface area contributed by atoms with Gasteiger partial charge in [-0.3, -0.25) is 47.9 Å². The van der Waals surface area contributed by atoms with E-state index in [9.17, 15) is 63.3 Å². The van der Waals surface area contributed by atoms with Crippen molar-refractivity contribution < 1.29 is 63.3 Å². The largest absolute Gasteiger partial charge is 0.508 e. The maximum absolute atomic E-state index is 14.8. The van der Waals surface area contributed by atoms with E-state index in [1.54, 1.807) is 48.7 Å². The summed E-state index contributed by atoms with van der Waals surface area (Å²) < 4.78 is 0. The molecule has 85 heavy (non-hydrogen) atoms. The molecular weight excluding hydrogens is 1090 g/mol. The van der Waals surface area contributed by atoms with Crippen LogP contribution < -0.4 is 43.8 Å². The Morgan fingerprint density at radius 2 is 1.11 bits per heavy atom. The number of amides is 5. The number of para-hydroxylation sites is 1. The number of H-pyrrole nitrogens is 1. The lowest BCUT2D eigenvalue weighted by Crippen LogP contribution is -2.52. The van der Waals surface area contributed by atoms with Crippen molar-refractivity contribution in [3.05, 3.63) is 102 Å². The molecule has 0 unspecified atom stereocenters. The van der Waals surface area contributed by atoms with Crippen LogP contribution in [0.1, 0.15) is 121 Å². The zero-order valence-electron chi connectivity index (χ0n) is 49.4. The van der Waals surface area contributed by atoms with E-state index < -0.39 is 126 Å². The van der Waals surface area contributed by atoms with Gasteiger partial charge in [0.05, 0.1) is 30.8 Å². The molecule has 22 heteroatoms. The molecule has 5 amide bonds. The number of aliphatic hydroxyl groups is 1. The Hall–Kier alpha value is -7.66. The van der Waals surface area contributed by atoms with Crippen LogP contribution in [-0.4, -0.2) is 136 Å². The van der Waals surface area contributed by atoms with Gasteiger partial charge in [0.25, 0.3) is 0 Å². The average Bonchev–Trinajstić information content (AvgIpc) is 3.44. The summed E-state index contributed by atoms with van der Waals surface area (Å²) in [6.45, 7) is 5.12. The fraction of sp³-hybridized carbons (Fsp3) is 0.524. The predicted molar refractivity (Wildman–Crippen MR) is 321 cm³/mol. The first-order valence-corrected chi connectivity index (χ1v) is 29.5. The van der Waals surface area contributed by atoms with Crippen LogP contribution in [0.3, 0.4) is 0 Å². The molecule has 0 fully saturated rings. The van der Waals surface area contributed by atoms with Crippen molar-refractivity contribution >= 4 is 69.5 Å². The van der Waals surface area contributed by atoms with Gasteiger partial charge in [-0.1, -0.05) is 80.9 Å². The molecule has 0 radical (unpaired) electrons. The molecule has 1 aromatic heterocycles. The van der Waals surface area contributed by atoms with E-state index in [0.717, 1.165) is 10.9 Å². The van der Waals surface area contributed by atoms with Crippen molar-refractivity contribution in [1.82, 2.24) is 31.6 Å². The number of nitrogens with two attached hydrogens (primary N) is 3. The minimum atomic E-state index is -1.43. The minimum Gasteiger partial charge on any atom is -0.508 e. The number of aliphatic carboxylic acids is 1. The molecule has 0 spiro atoms. The number of carboxylic acids is 1. The van der Waals surface area contributed by atoms with Crippen molar-refractivity contribution in [2.45, 2.75) is 154 Å². The third-order valence-corrected chi connectivity index (χ3v) is 15.2. The van der Waals surface area contributed by atoms with Crippen molar-refractivity contribution in [3.63, 3.8) is 0 Å². The summed E-state index contributed by atoms with van der Waals surface area (Å²) in [6, 6.07) is 17.8. The average molecular weight is 1180 g/mol. The Bertz CT molecular complexity index is 2840. The minimum absolute atomic E-state index is 0.0104. The fourth-order valence-electron chi connectivity index (χ4n) is 10.4. The number of unbranched alkanes of at least 4 members (excludes halogenated alkanes) is 2. The SMILES string of the molecule is CN[C@@H](CCC(=O)O)C(=O)C[C@@H](CCCCN)C(=O)N[C@@H](CCCCN)C(=O)C[C@@H](Cc1ccc(O)cc1)C(=O)N[C@@H](CC(C)C)C(=O)C[C@@H](Cc1c[nH]c2ccccc12)C(=O)NCC(=O)C[C@@H](Cc1ccccc1)C(=O)N[C@H](C(N)=O)[C@@H](C)O. The lowest BCUT2D eigenvalue weighted by atomic mass is 9.87. The summed E-state index contributed by atoms with van der Waals surface area (Å²) in [5.41, 5.74) is 19.8. The van der Waals surface area contributed by atoms with Crippen LogP contribution in [-0.2, 0) is 67.2 Å². The quantitative estimate of drug-likeness (QED) is 0.0283. The van der Waals surface area contributed by atoms with Crippen molar-refractivity contribution in [2.75, 3.05) is 26.7 Å². The van der Waals surface area contributed by atoms with Crippen LogP contribution in [0, 0.1) is 29.6 Å². The Morgan fingerprint density at radius 3 is 1.71 bits per heavy atom. The Labute approximate surface area is 497 Å². The number of primary amides is 1. The molecule has 0 aliphatic rings. The molecule has 464 valence electrons. The maximum Gasteiger partial charge on any atom is 0.303 e. The molecule has 4 rings (SSSR count). The molecule has 0 aliphatic heterocycles. The molecule has 4 aromatic rings. The second kappa shape index (κ2) is 36.2. The molecular formula is C63H89N9O13. The van der Waals surface area contributed by atoms with E-state index in [1.165, 1.54) is 26.1 Å². The van der Waals surface area contributed by atoms with Gasteiger partial charge in [-0.05, 0) is 132 Å². The predicted octanol–water partition coefficient (Wildman–Crippen LogP) is 3.40. The van der Waals surface area contributed by atoms with E-state index in [2.05, 4.69) is 31.6 Å². The summed E-state index contributed by atoms with van der Waals surface area (Å²) in [6.07, 6.45) is 1.37. The number of hydrogen-bond acceptors (Lipinski definition) is 15. The standard InChI is InChI=1S/C63H89N9O13/c1-38(2)28-53(56(78)35-45(31-46-36-68-50-18-9-8-17-49(46)50)60(82)69-37-48(75)32-43(29-40-14-6-5-7-15-40)63(85)72-58(39(3)73)59(66)81)71-62(84)44(30-41-20-22-47(74)23-21-41)34-55(77)52(19-11-13-27-65)70-61(83)42(16-10-12-26-64)33-54(76)51(67-4)24-25-57(79)80/h5-9,14-15,17-18,20-23,36,38-39,42-45,51-53,58,67-68,73-74H,10-13,16,19,24-35,37,64-65H2,1-4H3,(H2,66,81)(H,69,82)(H,70,83)(H,71,84)(H,72,85)(H,79,80)/t39-,42-,43-,44-,45-,51+,52+,53+,58+/m1/s1. The van der Waals surface area contributed by atoms with Crippen LogP contribution in [0.5, 0.6) is 5.75 Å². The van der Waals surface area contributed by atoms with Gasteiger partial charge in [0, 0.05) is 72.9 Å². The van der Waals surface area contributed by atoms with Gasteiger partial charge in [0.15, 0.2) is 23.1 Å². The lowest BCUT2D eigenvalue weighted by Gasteiger charge is -2.27. The van der Waals surface area contributed by atoms with Gasteiger partial charge in [0.2, 0.25) is 29.5 Å². The Balaban J connectivity index is 1.63. The van der Waals surface area contributed by atoms with E-state index in [-0.39, 0.29) is 81.7 Å². The van der Waals surface area contributed by atoms with Crippen molar-refractivity contribution in [1.29, 1.82) is 0 Å². The number of rotatable bonds is 42. The zero-order chi connectivity index (χ0) is 62.6. The van der Waals surface area contributed by atoms with Crippen molar-refractivity contribution in [2.24, 2.45) is 46.8 Å². The number of fused-ring (bicyclic) bond motifs is 1. The molecule has 0 saturated carbocycles. The number of ketones is 4. The number of phenolic OH excluding ortho intramolecular Hbond substituents is 1. The first-order valence-electron chi connectivity index (χ1n) is 29.5. The van der Waals surface area contributed by atoms with Gasteiger partial charge in [-0.15, -0.1) is 0 Å². The van der Waals surface area contributed by atoms with E-state index in [4.69, 9.17) is 17.2 Å². The molecule has 15 N–H and O–H groups in total. The number of benzene rings is 3. The van der Waals surface area contributed by atoms with Gasteiger partial charge in [-0.2, -0.15) is 0 Å². The molecule has 0 saturated heterocycles. The summed E-state index contributed by atoms with van der Waals surface area (Å²) in [5, 5.41) is 44.2. The van der Waals surface area contributed by atoms with Crippen LogP contribution in [0.15, 0.2) is 85.1 Å². The normalized spacial score (nSPS) is 14.6. The van der Waals surface area contributed by atoms with E-state index in [1.807, 2.05) is 38.1 Å². The first kappa shape index (κ1) is 69.8. The van der Waals surface area contributed by atoms with Gasteiger partial charge < -0.3 is 64.1 Å². The van der Waals surface area contributed by atoms with Crippen LogP contribution in [0.2, 0.25) is 0 Å². The number of phenols is 1. The monoisotopic (exact) mass is 1180 g/mol. The molecule has 3 aromatic carbocycles. The Morgan fingerprint density at radius 1 is 0.576 bits per heavy atom. The molecule has 0 aliphatic carbocycles. The second-order valence-electron chi connectivity index (χ2n) is 22.6. The third kappa shape index (κ3) is 24.1. The topological polar surface area (TPSA) is 385 Å². The number of hydrogen-bond donors (Lipinski definition) is 12. The second-order valence-corrected chi connectivity index (χ2v) is 22.6. The highest BCUT2D eigenvalue weighted by Crippen LogP contribution is 2.26. The summed E-state index contributed by atoms with van der Waals surface area (Å²) in [5.74, 6) is -10.9. The summed E-state index contributed by atoms with van der Waals surface area (Å²) in [4.78, 5) is 141. The number of carboxylic acid groups (broad SMARTS) is 1. The highest BCUT2D eigenvalue weighted by molar-refractivity contribution is 5.98. The fourth-order valence-corrected chi connectivity index (χ4v) is 10.4. The first-order chi connectivity index (χ1) is 40.5. The molecule has 0 bridgehead atoms. The molecule has 22 nitrogen and oxygen atoms in total. The number of Topliss-reactive ketones (excluding diaryl/α,β-unsaturated/α-hetero) is 4. The number of nitrogens with one attached hydrogen (secondary N) is 6. The smallest absolute Gasteiger partial charge is 0.303 e. The van der Waals surface area contributed by atoms with E-state index in [0.29, 0.717) is 55.5 Å². The summed E-state index contributed by atoms with van der Waals surface area (Å²) >= 11 is 0. The van der Waals surface area contributed by atoms with Gasteiger partial charge in [0.1, 0.15) is 11.8 Å². The third-order valence-electron chi connectivity index (χ3n) is 15.2. The zero-order valence-corrected chi connectivity index (χ0v) is 49.4. The number of aliphatic hydroxyl groups excluding tert-OH is 1. The number of likely N-dealkylation sites (N-methyl/N-ethyl adjacent to an activating group) is 1. The highest BCUT2D eigenvalue weighted by atomic mass is 16.4. The van der Waals surface area contributed by atoms with Crippen LogP contribution in [0.25, 0.3) is 10.9 Å². The molecule has 9 atom stereocenters. The Kier molecular flexibility index (Phi) is 29.8. The van der Waals surface area contributed by atoms with E-state index >= 15 is 0 Å². The number of aromatic hydroxyl groups is 1. The van der Waals surface area contributed by atoms with Gasteiger partial charge in [-0.25, -0.2) is 0 Å². The number of carbonyl (C=O) groups is 10. The maximum atomic E-state index is 14.8. The number of carbonyl (C=O) groups excluding carboxylic acids is 9. The number of aromatic nitrogens is 1.